The van der Waals surface area contributed by atoms with Gasteiger partial charge in [0.15, 0.2) is 0 Å². The van der Waals surface area contributed by atoms with Crippen LogP contribution >= 0.6 is 0 Å². The first kappa shape index (κ1) is 20.3. The number of benzene rings is 2. The molecular weight excluding hydrogens is 404 g/mol. The van der Waals surface area contributed by atoms with Gasteiger partial charge in [-0.15, -0.1) is 0 Å². The van der Waals surface area contributed by atoms with E-state index in [2.05, 4.69) is 4.90 Å². The number of non-ortho nitro benzene ring substituents is 1. The Hall–Kier alpha value is -3.95. The molecule has 0 aliphatic carbocycles. The lowest BCUT2D eigenvalue weighted by molar-refractivity contribution is -0.384. The molecule has 0 spiro atoms. The van der Waals surface area contributed by atoms with Crippen LogP contribution in [0.2, 0.25) is 0 Å². The van der Waals surface area contributed by atoms with Crippen molar-refractivity contribution in [1.82, 2.24) is 9.80 Å². The van der Waals surface area contributed by atoms with Crippen LogP contribution in [0.15, 0.2) is 42.5 Å². The summed E-state index contributed by atoms with van der Waals surface area (Å²) in [5, 5.41) is 10.9. The minimum atomic E-state index is -0.690. The summed E-state index contributed by atoms with van der Waals surface area (Å²) < 4.78 is 5.39. The van der Waals surface area contributed by atoms with Gasteiger partial charge in [-0.2, -0.15) is 0 Å². The molecule has 3 amide bonds. The van der Waals surface area contributed by atoms with Gasteiger partial charge in [0.2, 0.25) is 5.91 Å². The Morgan fingerprint density at radius 3 is 2.39 bits per heavy atom. The molecule has 2 aromatic carbocycles. The summed E-state index contributed by atoms with van der Waals surface area (Å²) in [4.78, 5) is 52.8. The summed E-state index contributed by atoms with van der Waals surface area (Å²) in [6.07, 6.45) is 0. The average Bonchev–Trinajstić information content (AvgIpc) is 3.03. The van der Waals surface area contributed by atoms with Gasteiger partial charge in [0, 0.05) is 38.3 Å². The van der Waals surface area contributed by atoms with Crippen molar-refractivity contribution in [3.8, 4) is 5.75 Å². The third-order valence-corrected chi connectivity index (χ3v) is 5.52. The topological polar surface area (TPSA) is 113 Å². The Labute approximate surface area is 177 Å². The van der Waals surface area contributed by atoms with Crippen molar-refractivity contribution < 1.29 is 24.0 Å². The number of piperazine rings is 1. The number of nitrogens with zero attached hydrogens (tertiary/aromatic N) is 4. The van der Waals surface area contributed by atoms with E-state index < -0.39 is 23.3 Å². The van der Waals surface area contributed by atoms with Crippen molar-refractivity contribution in [2.45, 2.75) is 0 Å². The third kappa shape index (κ3) is 3.67. The largest absolute Gasteiger partial charge is 0.495 e. The zero-order valence-corrected chi connectivity index (χ0v) is 16.8. The molecule has 4 rings (SSSR count). The molecule has 31 heavy (non-hydrogen) atoms. The normalized spacial score (nSPS) is 15.8. The SMILES string of the molecule is COc1ccccc1N1CCN(C(=O)CN2C(=O)c3ccc([N+](=O)[O-])cc3C2=O)CC1. The number of methoxy groups -OCH3 is 1. The summed E-state index contributed by atoms with van der Waals surface area (Å²) in [6, 6.07) is 11.1. The predicted octanol–water partition coefficient (Wildman–Crippen LogP) is 1.55. The lowest BCUT2D eigenvalue weighted by atomic mass is 10.1. The fourth-order valence-electron chi connectivity index (χ4n) is 3.86. The summed E-state index contributed by atoms with van der Waals surface area (Å²) in [5.41, 5.74) is 0.692. The van der Waals surface area contributed by atoms with Crippen molar-refractivity contribution in [3.05, 3.63) is 63.7 Å². The van der Waals surface area contributed by atoms with Crippen LogP contribution in [0.1, 0.15) is 20.7 Å². The van der Waals surface area contributed by atoms with Crippen LogP contribution in [-0.4, -0.2) is 72.3 Å². The quantitative estimate of drug-likeness (QED) is 0.406. The van der Waals surface area contributed by atoms with Gasteiger partial charge in [0.05, 0.1) is 28.8 Å². The van der Waals surface area contributed by atoms with Crippen molar-refractivity contribution in [2.75, 3.05) is 44.7 Å². The molecule has 0 bridgehead atoms. The highest BCUT2D eigenvalue weighted by Crippen LogP contribution is 2.29. The van der Waals surface area contributed by atoms with E-state index in [1.165, 1.54) is 12.1 Å². The number of imide groups is 1. The first-order valence-electron chi connectivity index (χ1n) is 9.71. The minimum absolute atomic E-state index is 0.0482. The van der Waals surface area contributed by atoms with Crippen LogP contribution in [0.4, 0.5) is 11.4 Å². The fraction of sp³-hybridized carbons (Fsp3) is 0.286. The summed E-state index contributed by atoms with van der Waals surface area (Å²) in [6.45, 7) is 1.65. The molecule has 2 aromatic rings. The summed E-state index contributed by atoms with van der Waals surface area (Å²) in [7, 11) is 1.61. The van der Waals surface area contributed by atoms with Crippen LogP contribution in [-0.2, 0) is 4.79 Å². The number of anilines is 1. The Morgan fingerprint density at radius 2 is 1.71 bits per heavy atom. The maximum absolute atomic E-state index is 12.8. The number of hydrogen-bond acceptors (Lipinski definition) is 7. The van der Waals surface area contributed by atoms with Crippen LogP contribution in [0.25, 0.3) is 0 Å². The highest BCUT2D eigenvalue weighted by molar-refractivity contribution is 6.22. The Kier molecular flexibility index (Phi) is 5.28. The molecule has 0 radical (unpaired) electrons. The second-order valence-corrected chi connectivity index (χ2v) is 7.22. The van der Waals surface area contributed by atoms with Crippen molar-refractivity contribution >= 4 is 29.1 Å². The number of hydrogen-bond donors (Lipinski definition) is 0. The zero-order valence-electron chi connectivity index (χ0n) is 16.8. The summed E-state index contributed by atoms with van der Waals surface area (Å²) in [5.74, 6) is -0.897. The Bertz CT molecular complexity index is 1080. The zero-order chi connectivity index (χ0) is 22.1. The van der Waals surface area contributed by atoms with Crippen LogP contribution in [0, 0.1) is 10.1 Å². The van der Waals surface area contributed by atoms with E-state index in [1.807, 2.05) is 24.3 Å². The second-order valence-electron chi connectivity index (χ2n) is 7.22. The minimum Gasteiger partial charge on any atom is -0.495 e. The standard InChI is InChI=1S/C21H20N4O6/c1-31-18-5-3-2-4-17(18)22-8-10-23(11-9-22)19(26)13-24-20(27)15-7-6-14(25(29)30)12-16(15)21(24)28/h2-7,12H,8-11,13H2,1H3. The molecule has 2 aliphatic heterocycles. The molecule has 0 atom stereocenters. The van der Waals surface area contributed by atoms with E-state index in [1.54, 1.807) is 12.0 Å². The third-order valence-electron chi connectivity index (χ3n) is 5.52. The van der Waals surface area contributed by atoms with Gasteiger partial charge in [0.25, 0.3) is 17.5 Å². The number of nitro benzene ring substituents is 1. The van der Waals surface area contributed by atoms with Crippen molar-refractivity contribution in [2.24, 2.45) is 0 Å². The van der Waals surface area contributed by atoms with E-state index in [4.69, 9.17) is 4.74 Å². The Morgan fingerprint density at radius 1 is 1.03 bits per heavy atom. The van der Waals surface area contributed by atoms with E-state index in [0.29, 0.717) is 26.2 Å². The Balaban J connectivity index is 1.41. The molecule has 160 valence electrons. The van der Waals surface area contributed by atoms with Gasteiger partial charge < -0.3 is 14.5 Å². The number of ether oxygens (including phenoxy) is 1. The van der Waals surface area contributed by atoms with Gasteiger partial charge in [-0.3, -0.25) is 29.4 Å². The smallest absolute Gasteiger partial charge is 0.270 e. The van der Waals surface area contributed by atoms with Gasteiger partial charge in [-0.1, -0.05) is 12.1 Å². The predicted molar refractivity (Wildman–Crippen MR) is 110 cm³/mol. The molecule has 0 unspecified atom stereocenters. The molecule has 0 N–H and O–H groups in total. The first-order chi connectivity index (χ1) is 14.9. The maximum atomic E-state index is 12.8. The number of amides is 3. The van der Waals surface area contributed by atoms with Crippen LogP contribution in [0.5, 0.6) is 5.75 Å². The maximum Gasteiger partial charge on any atom is 0.270 e. The number of nitro groups is 1. The van der Waals surface area contributed by atoms with Crippen molar-refractivity contribution in [1.29, 1.82) is 0 Å². The monoisotopic (exact) mass is 424 g/mol. The van der Waals surface area contributed by atoms with Crippen molar-refractivity contribution in [3.63, 3.8) is 0 Å². The molecule has 1 saturated heterocycles. The highest BCUT2D eigenvalue weighted by atomic mass is 16.6. The fourth-order valence-corrected chi connectivity index (χ4v) is 3.86. The molecule has 1 fully saturated rings. The van der Waals surface area contributed by atoms with Crippen LogP contribution < -0.4 is 9.64 Å². The number of para-hydroxylation sites is 2. The van der Waals surface area contributed by atoms with Crippen LogP contribution in [0.3, 0.4) is 0 Å². The van der Waals surface area contributed by atoms with Gasteiger partial charge in [0.1, 0.15) is 12.3 Å². The lowest BCUT2D eigenvalue weighted by Crippen LogP contribution is -2.52. The number of carbonyl (C=O) groups is 3. The van der Waals surface area contributed by atoms with Gasteiger partial charge >= 0.3 is 0 Å². The lowest BCUT2D eigenvalue weighted by Gasteiger charge is -2.37. The van der Waals surface area contributed by atoms with Gasteiger partial charge in [-0.25, -0.2) is 0 Å². The molecule has 2 aliphatic rings. The van der Waals surface area contributed by atoms with E-state index >= 15 is 0 Å². The van der Waals surface area contributed by atoms with E-state index in [9.17, 15) is 24.5 Å². The molecule has 10 nitrogen and oxygen atoms in total. The molecule has 10 heteroatoms. The molecule has 0 saturated carbocycles. The number of fused-ring (bicyclic) bond motifs is 1. The molecule has 0 aromatic heterocycles. The average molecular weight is 424 g/mol. The van der Waals surface area contributed by atoms with E-state index in [-0.39, 0.29) is 22.7 Å². The highest BCUT2D eigenvalue weighted by Gasteiger charge is 2.38. The van der Waals surface area contributed by atoms with E-state index in [0.717, 1.165) is 22.4 Å². The number of rotatable bonds is 5. The number of carbonyl (C=O) groups excluding carboxylic acids is 3. The molecular formula is C21H20N4O6. The van der Waals surface area contributed by atoms with Gasteiger partial charge in [-0.05, 0) is 18.2 Å². The summed E-state index contributed by atoms with van der Waals surface area (Å²) >= 11 is 0. The first-order valence-corrected chi connectivity index (χ1v) is 9.71. The second kappa shape index (κ2) is 8.05. The molecule has 2 heterocycles.